The smallest absolute Gasteiger partial charge is 0.249 e. The van der Waals surface area contributed by atoms with Crippen LogP contribution in [0.1, 0.15) is 146 Å². The van der Waals surface area contributed by atoms with Crippen LogP contribution in [0.5, 0.6) is 0 Å². The first-order chi connectivity index (χ1) is 22.6. The molecule has 3 unspecified atom stereocenters. The van der Waals surface area contributed by atoms with Gasteiger partial charge in [-0.25, -0.2) is 0 Å². The molecule has 276 valence electrons. The van der Waals surface area contributed by atoms with Crippen molar-refractivity contribution in [2.75, 3.05) is 26.7 Å². The maximum Gasteiger partial charge on any atom is 0.249 e. The highest BCUT2D eigenvalue weighted by molar-refractivity contribution is 5.97. The van der Waals surface area contributed by atoms with E-state index in [1.165, 1.54) is 38.5 Å². The molecule has 0 aliphatic carbocycles. The van der Waals surface area contributed by atoms with Crippen LogP contribution in [-0.2, 0) is 19.2 Å². The Kier molecular flexibility index (Phi) is 17.7. The zero-order chi connectivity index (χ0) is 36.0. The highest BCUT2D eigenvalue weighted by Gasteiger charge is 2.40. The molecule has 2 aliphatic heterocycles. The topological polar surface area (TPSA) is 102 Å². The van der Waals surface area contributed by atoms with Crippen molar-refractivity contribution in [1.82, 2.24) is 25.3 Å². The van der Waals surface area contributed by atoms with Crippen LogP contribution in [0, 0.1) is 11.3 Å². The summed E-state index contributed by atoms with van der Waals surface area (Å²) in [6.07, 6.45) is 15.9. The van der Waals surface area contributed by atoms with E-state index in [0.29, 0.717) is 25.1 Å². The number of amides is 4. The molecule has 2 saturated heterocycles. The van der Waals surface area contributed by atoms with E-state index in [1.54, 1.807) is 23.8 Å². The monoisotopic (exact) mass is 674 g/mol. The number of rotatable bonds is 18. The van der Waals surface area contributed by atoms with Crippen molar-refractivity contribution in [3.63, 3.8) is 0 Å². The summed E-state index contributed by atoms with van der Waals surface area (Å²) in [5.74, 6) is -0.455. The van der Waals surface area contributed by atoms with Crippen molar-refractivity contribution in [3.8, 4) is 0 Å². The largest absolute Gasteiger partial charge is 0.354 e. The third-order valence-electron chi connectivity index (χ3n) is 10.3. The van der Waals surface area contributed by atoms with Gasteiger partial charge in [-0.05, 0) is 70.8 Å². The zero-order valence-electron chi connectivity index (χ0n) is 32.3. The fraction of sp³-hybridized carbons (Fsp3) is 0.846. The number of hydrogen-bond acceptors (Lipinski definition) is 5. The Morgan fingerprint density at radius 2 is 1.44 bits per heavy atom. The van der Waals surface area contributed by atoms with Crippen molar-refractivity contribution < 1.29 is 19.2 Å². The second-order valence-electron chi connectivity index (χ2n) is 16.1. The lowest BCUT2D eigenvalue weighted by Crippen LogP contribution is -2.60. The van der Waals surface area contributed by atoms with E-state index >= 15 is 0 Å². The lowest BCUT2D eigenvalue weighted by atomic mass is 9.84. The summed E-state index contributed by atoms with van der Waals surface area (Å²) in [6.45, 7) is 20.3. The maximum atomic E-state index is 14.2. The fourth-order valence-electron chi connectivity index (χ4n) is 7.27. The van der Waals surface area contributed by atoms with Gasteiger partial charge in [0.1, 0.15) is 12.1 Å². The Hall–Kier alpha value is -2.42. The number of likely N-dealkylation sites (tertiary alicyclic amines) is 2. The molecule has 0 bridgehead atoms. The molecule has 48 heavy (non-hydrogen) atoms. The van der Waals surface area contributed by atoms with Crippen molar-refractivity contribution in [2.24, 2.45) is 11.3 Å². The van der Waals surface area contributed by atoms with Gasteiger partial charge in [0.25, 0.3) is 0 Å². The quantitative estimate of drug-likeness (QED) is 0.129. The van der Waals surface area contributed by atoms with Gasteiger partial charge in [-0.15, -0.1) is 0 Å². The van der Waals surface area contributed by atoms with Crippen LogP contribution in [0.25, 0.3) is 0 Å². The molecule has 2 N–H and O–H groups in total. The molecular formula is C39H71N5O4. The lowest BCUT2D eigenvalue weighted by Gasteiger charge is -2.41. The van der Waals surface area contributed by atoms with E-state index in [2.05, 4.69) is 36.3 Å². The zero-order valence-corrected chi connectivity index (χ0v) is 32.3. The van der Waals surface area contributed by atoms with Crippen LogP contribution in [0.4, 0.5) is 0 Å². The minimum Gasteiger partial charge on any atom is -0.354 e. The molecule has 0 radical (unpaired) electrons. The number of nitrogens with one attached hydrogen (secondary N) is 2. The Labute approximate surface area is 293 Å². The van der Waals surface area contributed by atoms with Gasteiger partial charge >= 0.3 is 0 Å². The molecule has 0 spiro atoms. The number of likely N-dealkylation sites (N-methyl/N-ethyl adjacent to an activating group) is 1. The molecule has 2 aliphatic rings. The number of carbonyl (C=O) groups excluding carboxylic acids is 4. The molecular weight excluding hydrogens is 602 g/mol. The van der Waals surface area contributed by atoms with Crippen LogP contribution in [0.15, 0.2) is 11.6 Å². The van der Waals surface area contributed by atoms with Crippen LogP contribution < -0.4 is 10.6 Å². The van der Waals surface area contributed by atoms with Crippen molar-refractivity contribution in [3.05, 3.63) is 11.6 Å². The number of nitrogens with zero attached hydrogens (tertiary/aromatic N) is 3. The summed E-state index contributed by atoms with van der Waals surface area (Å²) < 4.78 is 0. The van der Waals surface area contributed by atoms with Crippen molar-refractivity contribution in [2.45, 2.75) is 176 Å². The van der Waals surface area contributed by atoms with E-state index in [9.17, 15) is 19.2 Å². The predicted octanol–water partition coefficient (Wildman–Crippen LogP) is 6.46. The summed E-state index contributed by atoms with van der Waals surface area (Å²) in [4.78, 5) is 60.3. The average Bonchev–Trinajstić information content (AvgIpc) is 3.53. The van der Waals surface area contributed by atoms with Crippen molar-refractivity contribution in [1.29, 1.82) is 0 Å². The molecule has 0 aromatic heterocycles. The fourth-order valence-corrected chi connectivity index (χ4v) is 7.27. The summed E-state index contributed by atoms with van der Waals surface area (Å²) in [5.41, 5.74) is 0.0152. The minimum absolute atomic E-state index is 0.0251. The highest BCUT2D eigenvalue weighted by Crippen LogP contribution is 2.27. The molecule has 9 heteroatoms. The lowest BCUT2D eigenvalue weighted by molar-refractivity contribution is -0.142. The second kappa shape index (κ2) is 20.3. The third kappa shape index (κ3) is 12.5. The van der Waals surface area contributed by atoms with E-state index < -0.39 is 17.5 Å². The molecule has 2 heterocycles. The van der Waals surface area contributed by atoms with Gasteiger partial charge < -0.3 is 20.4 Å². The van der Waals surface area contributed by atoms with Crippen LogP contribution in [0.3, 0.4) is 0 Å². The summed E-state index contributed by atoms with van der Waals surface area (Å²) >= 11 is 0. The molecule has 0 aromatic carbocycles. The average molecular weight is 674 g/mol. The first-order valence-electron chi connectivity index (χ1n) is 19.2. The first kappa shape index (κ1) is 41.7. The Morgan fingerprint density at radius 3 is 2.02 bits per heavy atom. The normalized spacial score (nSPS) is 20.6. The second-order valence-corrected chi connectivity index (χ2v) is 16.1. The summed E-state index contributed by atoms with van der Waals surface area (Å²) in [6, 6.07) is -1.53. The number of unbranched alkanes of at least 4 members (excludes halogenated alkanes) is 7. The van der Waals surface area contributed by atoms with Gasteiger partial charge in [0.2, 0.25) is 23.6 Å². The van der Waals surface area contributed by atoms with Gasteiger partial charge in [-0.3, -0.25) is 24.1 Å². The predicted molar refractivity (Wildman–Crippen MR) is 196 cm³/mol. The maximum absolute atomic E-state index is 14.2. The molecule has 2 rings (SSSR count). The van der Waals surface area contributed by atoms with Crippen LogP contribution in [-0.4, -0.2) is 95.2 Å². The van der Waals surface area contributed by atoms with Gasteiger partial charge in [0, 0.05) is 31.8 Å². The minimum atomic E-state index is -0.718. The molecule has 4 atom stereocenters. The standard InChI is InChI=1S/C39H71N5O4/c1-11-12-13-14-15-16-17-19-24-40-35(45)31-23-21-26-44(31)37(47)30(6)27-33(28(2)3)42(10)38(48)34(39(7,8)9)41-36(46)32-22-18-20-25-43(32)29(4)5/h27-29,31-34H,11-26H2,1-10H3,(H,40,45)(H,41,46)/b30-27+/t31?,32-,33?,34?/m1/s1. The van der Waals surface area contributed by atoms with Gasteiger partial charge in [-0.2, -0.15) is 0 Å². The van der Waals surface area contributed by atoms with Crippen LogP contribution >= 0.6 is 0 Å². The molecule has 9 nitrogen and oxygen atoms in total. The molecule has 0 aromatic rings. The Bertz CT molecular complexity index is 1070. The van der Waals surface area contributed by atoms with Gasteiger partial charge in [0.15, 0.2) is 0 Å². The first-order valence-corrected chi connectivity index (χ1v) is 19.2. The van der Waals surface area contributed by atoms with E-state index in [1.807, 2.05) is 40.7 Å². The Balaban J connectivity index is 2.07. The number of piperidine rings is 1. The molecule has 4 amide bonds. The Morgan fingerprint density at radius 1 is 0.833 bits per heavy atom. The summed E-state index contributed by atoms with van der Waals surface area (Å²) in [5, 5.41) is 6.23. The highest BCUT2D eigenvalue weighted by atomic mass is 16.2. The van der Waals surface area contributed by atoms with Gasteiger partial charge in [0.05, 0.1) is 12.1 Å². The van der Waals surface area contributed by atoms with E-state index in [0.717, 1.165) is 45.1 Å². The SMILES string of the molecule is CCCCCCCCCCNC(=O)C1CCCN1C(=O)/C(C)=C/C(C(C)C)N(C)C(=O)C(NC(=O)[C@H]1CCCCN1C(C)C)C(C)(C)C. The van der Waals surface area contributed by atoms with E-state index in [-0.39, 0.29) is 47.7 Å². The van der Waals surface area contributed by atoms with E-state index in [4.69, 9.17) is 0 Å². The summed E-state index contributed by atoms with van der Waals surface area (Å²) in [7, 11) is 1.77. The number of hydrogen-bond donors (Lipinski definition) is 2. The van der Waals surface area contributed by atoms with Gasteiger partial charge in [-0.1, -0.05) is 99.0 Å². The molecule has 2 fully saturated rings. The van der Waals surface area contributed by atoms with Crippen molar-refractivity contribution >= 4 is 23.6 Å². The third-order valence-corrected chi connectivity index (χ3v) is 10.3. The number of carbonyl (C=O) groups is 4. The van der Waals surface area contributed by atoms with Crippen LogP contribution in [0.2, 0.25) is 0 Å². The molecule has 0 saturated carbocycles.